The molecule has 1 aromatic rings. The first-order chi connectivity index (χ1) is 8.61. The van der Waals surface area contributed by atoms with Gasteiger partial charge in [-0.15, -0.1) is 0 Å². The van der Waals surface area contributed by atoms with E-state index in [0.29, 0.717) is 6.04 Å². The summed E-state index contributed by atoms with van der Waals surface area (Å²) in [6, 6.07) is 0.642. The molecule has 2 rings (SSSR count). The maximum atomic E-state index is 4.48. The first-order valence-corrected chi connectivity index (χ1v) is 7.38. The molecule has 18 heavy (non-hydrogen) atoms. The van der Waals surface area contributed by atoms with Gasteiger partial charge in [0.25, 0.3) is 0 Å². The molecule has 0 saturated heterocycles. The quantitative estimate of drug-likeness (QED) is 0.826. The van der Waals surface area contributed by atoms with Crippen LogP contribution in [0.4, 0.5) is 5.69 Å². The maximum Gasteiger partial charge on any atom is 0.0827 e. The van der Waals surface area contributed by atoms with E-state index in [0.717, 1.165) is 11.6 Å². The Hall–Kier alpha value is -0.990. The smallest absolute Gasteiger partial charge is 0.0827 e. The lowest BCUT2D eigenvalue weighted by atomic mass is 9.98. The minimum Gasteiger partial charge on any atom is -0.379 e. The Labute approximate surface area is 111 Å². The van der Waals surface area contributed by atoms with Crippen molar-refractivity contribution in [1.29, 1.82) is 0 Å². The average Bonchev–Trinajstić information content (AvgIpc) is 2.57. The SMILES string of the molecule is CCC1CCCC(Nc2c(C)nn(C)c2C)CC1. The first kappa shape index (κ1) is 13.4. The van der Waals surface area contributed by atoms with E-state index in [1.807, 2.05) is 11.7 Å². The largest absolute Gasteiger partial charge is 0.379 e. The summed E-state index contributed by atoms with van der Waals surface area (Å²) in [5.41, 5.74) is 3.65. The van der Waals surface area contributed by atoms with Crippen molar-refractivity contribution in [2.75, 3.05) is 5.32 Å². The molecule has 1 aliphatic rings. The van der Waals surface area contributed by atoms with Crippen molar-refractivity contribution < 1.29 is 0 Å². The molecule has 1 aliphatic carbocycles. The second-order valence-corrected chi connectivity index (χ2v) is 5.79. The van der Waals surface area contributed by atoms with Gasteiger partial charge in [-0.2, -0.15) is 5.10 Å². The summed E-state index contributed by atoms with van der Waals surface area (Å²) in [4.78, 5) is 0. The number of nitrogens with one attached hydrogen (secondary N) is 1. The Morgan fingerprint density at radius 3 is 2.61 bits per heavy atom. The monoisotopic (exact) mass is 249 g/mol. The highest BCUT2D eigenvalue weighted by molar-refractivity contribution is 5.52. The molecule has 2 unspecified atom stereocenters. The molecule has 0 bridgehead atoms. The number of rotatable bonds is 3. The van der Waals surface area contributed by atoms with Crippen LogP contribution in [0.5, 0.6) is 0 Å². The fourth-order valence-electron chi connectivity index (χ4n) is 3.12. The van der Waals surface area contributed by atoms with Crippen molar-refractivity contribution in [1.82, 2.24) is 9.78 Å². The minimum absolute atomic E-state index is 0.642. The van der Waals surface area contributed by atoms with Crippen molar-refractivity contribution in [2.45, 2.75) is 65.3 Å². The zero-order valence-electron chi connectivity index (χ0n) is 12.3. The number of aryl methyl sites for hydroxylation is 2. The topological polar surface area (TPSA) is 29.9 Å². The fraction of sp³-hybridized carbons (Fsp3) is 0.800. The maximum absolute atomic E-state index is 4.48. The van der Waals surface area contributed by atoms with E-state index in [-0.39, 0.29) is 0 Å². The van der Waals surface area contributed by atoms with E-state index in [2.05, 4.69) is 31.2 Å². The summed E-state index contributed by atoms with van der Waals surface area (Å²) in [6.45, 7) is 6.57. The van der Waals surface area contributed by atoms with Gasteiger partial charge in [0.1, 0.15) is 0 Å². The molecule has 0 aliphatic heterocycles. The highest BCUT2D eigenvalue weighted by Crippen LogP contribution is 2.28. The number of hydrogen-bond donors (Lipinski definition) is 1. The lowest BCUT2D eigenvalue weighted by Gasteiger charge is -2.18. The Bertz CT molecular complexity index is 395. The summed E-state index contributed by atoms with van der Waals surface area (Å²) < 4.78 is 1.98. The van der Waals surface area contributed by atoms with Crippen LogP contribution in [0.3, 0.4) is 0 Å². The standard InChI is InChI=1S/C15H27N3/c1-5-13-7-6-8-14(10-9-13)16-15-11(2)17-18(4)12(15)3/h13-14,16H,5-10H2,1-4H3. The highest BCUT2D eigenvalue weighted by Gasteiger charge is 2.19. The van der Waals surface area contributed by atoms with Crippen LogP contribution in [0.1, 0.15) is 56.8 Å². The van der Waals surface area contributed by atoms with Gasteiger partial charge in [-0.1, -0.05) is 26.2 Å². The summed E-state index contributed by atoms with van der Waals surface area (Å²) >= 11 is 0. The average molecular weight is 249 g/mol. The molecule has 3 heteroatoms. The molecular formula is C15H27N3. The number of anilines is 1. The zero-order valence-corrected chi connectivity index (χ0v) is 12.3. The van der Waals surface area contributed by atoms with E-state index in [4.69, 9.17) is 0 Å². The second kappa shape index (κ2) is 5.77. The van der Waals surface area contributed by atoms with E-state index < -0.39 is 0 Å². The fourth-order valence-corrected chi connectivity index (χ4v) is 3.12. The molecule has 2 atom stereocenters. The van der Waals surface area contributed by atoms with Crippen LogP contribution in [0.2, 0.25) is 0 Å². The van der Waals surface area contributed by atoms with Gasteiger partial charge in [0.15, 0.2) is 0 Å². The lowest BCUT2D eigenvalue weighted by Crippen LogP contribution is -2.19. The van der Waals surface area contributed by atoms with Crippen LogP contribution in [-0.4, -0.2) is 15.8 Å². The van der Waals surface area contributed by atoms with Crippen molar-refractivity contribution in [2.24, 2.45) is 13.0 Å². The Morgan fingerprint density at radius 2 is 2.00 bits per heavy atom. The van der Waals surface area contributed by atoms with E-state index >= 15 is 0 Å². The van der Waals surface area contributed by atoms with E-state index in [1.165, 1.54) is 49.9 Å². The predicted molar refractivity (Wildman–Crippen MR) is 77.0 cm³/mol. The molecule has 1 aromatic heterocycles. The van der Waals surface area contributed by atoms with Gasteiger partial charge >= 0.3 is 0 Å². The normalized spacial score (nSPS) is 24.9. The molecule has 1 N–H and O–H groups in total. The zero-order chi connectivity index (χ0) is 13.1. The molecule has 1 fully saturated rings. The third-order valence-corrected chi connectivity index (χ3v) is 4.52. The van der Waals surface area contributed by atoms with Crippen molar-refractivity contribution in [3.8, 4) is 0 Å². The van der Waals surface area contributed by atoms with Crippen LogP contribution >= 0.6 is 0 Å². The van der Waals surface area contributed by atoms with Crippen LogP contribution in [0.25, 0.3) is 0 Å². The predicted octanol–water partition coefficient (Wildman–Crippen LogP) is 3.81. The van der Waals surface area contributed by atoms with Gasteiger partial charge in [-0.05, 0) is 39.0 Å². The third kappa shape index (κ3) is 2.88. The van der Waals surface area contributed by atoms with Crippen LogP contribution in [0.15, 0.2) is 0 Å². The van der Waals surface area contributed by atoms with Gasteiger partial charge in [-0.3, -0.25) is 4.68 Å². The number of aromatic nitrogens is 2. The van der Waals surface area contributed by atoms with Crippen molar-refractivity contribution >= 4 is 5.69 Å². The number of nitrogens with zero attached hydrogens (tertiary/aromatic N) is 2. The van der Waals surface area contributed by atoms with Gasteiger partial charge in [0.05, 0.1) is 17.1 Å². The van der Waals surface area contributed by atoms with Crippen molar-refractivity contribution in [3.05, 3.63) is 11.4 Å². The van der Waals surface area contributed by atoms with Gasteiger partial charge in [0.2, 0.25) is 0 Å². The van der Waals surface area contributed by atoms with E-state index in [1.54, 1.807) is 0 Å². The van der Waals surface area contributed by atoms with Crippen LogP contribution in [-0.2, 0) is 7.05 Å². The molecule has 1 saturated carbocycles. The molecule has 102 valence electrons. The summed E-state index contributed by atoms with van der Waals surface area (Å²) in [7, 11) is 2.02. The minimum atomic E-state index is 0.642. The second-order valence-electron chi connectivity index (χ2n) is 5.79. The Morgan fingerprint density at radius 1 is 1.22 bits per heavy atom. The molecule has 0 radical (unpaired) electrons. The van der Waals surface area contributed by atoms with Crippen LogP contribution < -0.4 is 5.32 Å². The summed E-state index contributed by atoms with van der Waals surface area (Å²) in [6.07, 6.45) is 8.13. The van der Waals surface area contributed by atoms with Crippen LogP contribution in [0, 0.1) is 19.8 Å². The number of hydrogen-bond acceptors (Lipinski definition) is 2. The molecule has 1 heterocycles. The Kier molecular flexibility index (Phi) is 4.31. The van der Waals surface area contributed by atoms with Gasteiger partial charge < -0.3 is 5.32 Å². The molecule has 3 nitrogen and oxygen atoms in total. The Balaban J connectivity index is 2.01. The summed E-state index contributed by atoms with van der Waals surface area (Å²) in [5.74, 6) is 0.952. The molecular weight excluding hydrogens is 222 g/mol. The van der Waals surface area contributed by atoms with E-state index in [9.17, 15) is 0 Å². The highest BCUT2D eigenvalue weighted by atomic mass is 15.3. The molecule has 0 spiro atoms. The van der Waals surface area contributed by atoms with Crippen molar-refractivity contribution in [3.63, 3.8) is 0 Å². The molecule has 0 aromatic carbocycles. The molecule has 0 amide bonds. The summed E-state index contributed by atoms with van der Waals surface area (Å²) in [5, 5.41) is 8.22. The van der Waals surface area contributed by atoms with Gasteiger partial charge in [0, 0.05) is 13.1 Å². The lowest BCUT2D eigenvalue weighted by molar-refractivity contribution is 0.444. The third-order valence-electron chi connectivity index (χ3n) is 4.52. The first-order valence-electron chi connectivity index (χ1n) is 7.38. The van der Waals surface area contributed by atoms with Gasteiger partial charge in [-0.25, -0.2) is 0 Å².